The van der Waals surface area contributed by atoms with Crippen LogP contribution in [0.2, 0.25) is 0 Å². The van der Waals surface area contributed by atoms with Gasteiger partial charge in [-0.3, -0.25) is 4.79 Å². The Morgan fingerprint density at radius 3 is 2.93 bits per heavy atom. The van der Waals surface area contributed by atoms with Gasteiger partial charge in [0.05, 0.1) is 17.2 Å². The second kappa shape index (κ2) is 9.81. The summed E-state index contributed by atoms with van der Waals surface area (Å²) in [6, 6.07) is 10.7. The summed E-state index contributed by atoms with van der Waals surface area (Å²) in [6.45, 7) is 7.55. The molecule has 0 spiro atoms. The van der Waals surface area contributed by atoms with Gasteiger partial charge in [-0.05, 0) is 49.8 Å². The molecule has 0 saturated carbocycles. The molecule has 0 unspecified atom stereocenters. The summed E-state index contributed by atoms with van der Waals surface area (Å²) in [7, 11) is 0. The Morgan fingerprint density at radius 1 is 1.15 bits per heavy atom. The van der Waals surface area contributed by atoms with E-state index in [0.717, 1.165) is 25.3 Å². The highest BCUT2D eigenvalue weighted by Gasteiger charge is 2.43. The summed E-state index contributed by atoms with van der Waals surface area (Å²) in [6.07, 6.45) is 6.94. The number of hydrogen-bond acceptors (Lipinski definition) is 9. The molecule has 1 N–H and O–H groups in total. The van der Waals surface area contributed by atoms with Crippen molar-refractivity contribution >= 4 is 39.9 Å². The van der Waals surface area contributed by atoms with E-state index in [2.05, 4.69) is 36.8 Å². The number of ether oxygens (including phenoxy) is 1. The lowest BCUT2D eigenvalue weighted by molar-refractivity contribution is -0.126. The van der Waals surface area contributed by atoms with E-state index < -0.39 is 5.82 Å². The first-order valence-electron chi connectivity index (χ1n) is 13.3. The summed E-state index contributed by atoms with van der Waals surface area (Å²) >= 11 is 0. The van der Waals surface area contributed by atoms with E-state index in [9.17, 15) is 4.79 Å². The Balaban J connectivity index is 1.14. The van der Waals surface area contributed by atoms with E-state index >= 15 is 4.39 Å². The van der Waals surface area contributed by atoms with E-state index in [1.807, 2.05) is 17.0 Å². The zero-order valence-corrected chi connectivity index (χ0v) is 22.2. The van der Waals surface area contributed by atoms with Crippen molar-refractivity contribution in [2.75, 3.05) is 29.9 Å². The Morgan fingerprint density at radius 2 is 2.05 bits per heavy atom. The molecular formula is C29H26FN9O2. The normalized spacial score (nSPS) is 18.2. The Labute approximate surface area is 234 Å². The Hall–Kier alpha value is -5.13. The molecule has 12 heteroatoms. The van der Waals surface area contributed by atoms with Crippen LogP contribution in [0, 0.1) is 18.7 Å². The molecule has 0 radical (unpaired) electrons. The fourth-order valence-electron chi connectivity index (χ4n) is 5.73. The number of nitrogens with one attached hydrogen (secondary N) is 1. The number of benzene rings is 1. The molecule has 6 heterocycles. The van der Waals surface area contributed by atoms with Crippen LogP contribution in [-0.4, -0.2) is 66.0 Å². The van der Waals surface area contributed by atoms with Crippen molar-refractivity contribution in [1.29, 1.82) is 0 Å². The maximum atomic E-state index is 15.6. The molecule has 1 amide bonds. The maximum Gasteiger partial charge on any atom is 0.246 e. The Bertz CT molecular complexity index is 1820. The van der Waals surface area contributed by atoms with Gasteiger partial charge in [0.25, 0.3) is 0 Å². The highest BCUT2D eigenvalue weighted by atomic mass is 19.1. The van der Waals surface area contributed by atoms with Crippen LogP contribution in [0.25, 0.3) is 16.7 Å². The number of fused-ring (bicyclic) bond motifs is 3. The molecule has 5 aromatic rings. The van der Waals surface area contributed by atoms with Gasteiger partial charge >= 0.3 is 0 Å². The van der Waals surface area contributed by atoms with Crippen LogP contribution in [0.5, 0.6) is 11.5 Å². The smallest absolute Gasteiger partial charge is 0.246 e. The molecule has 11 nitrogen and oxygen atoms in total. The van der Waals surface area contributed by atoms with Crippen LogP contribution in [0.3, 0.4) is 0 Å². The SMILES string of the molecule is C=CC(=O)N1CC[C@@H]2CN(c3ccc4ncnc(Nc5ccc(Oc6ccn7ncnc7c6)c(C)c5F)c4n3)C[C@@H]21. The van der Waals surface area contributed by atoms with Crippen molar-refractivity contribution in [2.45, 2.75) is 19.4 Å². The zero-order chi connectivity index (χ0) is 28.1. The first kappa shape index (κ1) is 24.9. The van der Waals surface area contributed by atoms with Crippen LogP contribution in [0.1, 0.15) is 12.0 Å². The predicted molar refractivity (Wildman–Crippen MR) is 151 cm³/mol. The van der Waals surface area contributed by atoms with Gasteiger partial charge in [-0.2, -0.15) is 5.10 Å². The molecule has 2 saturated heterocycles. The number of hydrogen-bond donors (Lipinski definition) is 1. The summed E-state index contributed by atoms with van der Waals surface area (Å²) in [4.78, 5) is 34.1. The lowest BCUT2D eigenvalue weighted by Gasteiger charge is -2.24. The van der Waals surface area contributed by atoms with Crippen LogP contribution >= 0.6 is 0 Å². The number of carbonyl (C=O) groups is 1. The number of rotatable bonds is 6. The standard InChI is InChI=1S/C29H26FN9O2/c1-3-26(40)38-10-8-18-13-37(14-22(18)38)24-7-5-21-28(36-24)29(33-15-31-21)35-20-4-6-23(17(2)27(20)30)41-19-9-11-39-25(12-19)32-16-34-39/h3-7,9,11-12,15-16,18,22H,1,8,10,13-14H2,2H3,(H,31,33,35)/t18-,22+/m1/s1. The third kappa shape index (κ3) is 4.37. The molecule has 2 aliphatic rings. The van der Waals surface area contributed by atoms with Crippen molar-refractivity contribution in [2.24, 2.45) is 5.92 Å². The van der Waals surface area contributed by atoms with Gasteiger partial charge in [-0.1, -0.05) is 6.58 Å². The highest BCUT2D eigenvalue weighted by molar-refractivity contribution is 5.89. The van der Waals surface area contributed by atoms with Crippen molar-refractivity contribution < 1.29 is 13.9 Å². The third-order valence-corrected chi connectivity index (χ3v) is 7.87. The molecular weight excluding hydrogens is 525 g/mol. The van der Waals surface area contributed by atoms with Gasteiger partial charge in [0.15, 0.2) is 17.3 Å². The average molecular weight is 552 g/mol. The zero-order valence-electron chi connectivity index (χ0n) is 22.2. The number of halogens is 1. The number of nitrogens with zero attached hydrogens (tertiary/aromatic N) is 8. The lowest BCUT2D eigenvalue weighted by Crippen LogP contribution is -2.38. The minimum Gasteiger partial charge on any atom is -0.457 e. The number of pyridine rings is 2. The van der Waals surface area contributed by atoms with Crippen molar-refractivity contribution in [3.8, 4) is 11.5 Å². The molecule has 7 rings (SSSR count). The van der Waals surface area contributed by atoms with Crippen molar-refractivity contribution in [3.05, 3.63) is 79.3 Å². The van der Waals surface area contributed by atoms with Gasteiger partial charge in [0, 0.05) is 43.4 Å². The third-order valence-electron chi connectivity index (χ3n) is 7.87. The van der Waals surface area contributed by atoms with E-state index in [0.29, 0.717) is 52.0 Å². The molecule has 4 aromatic heterocycles. The topological polar surface area (TPSA) is 114 Å². The number of aromatic nitrogens is 6. The van der Waals surface area contributed by atoms with Gasteiger partial charge in [0.1, 0.15) is 35.5 Å². The number of amides is 1. The number of likely N-dealkylation sites (tertiary alicyclic amines) is 1. The Kier molecular flexibility index (Phi) is 5.95. The second-order valence-electron chi connectivity index (χ2n) is 10.2. The summed E-state index contributed by atoms with van der Waals surface area (Å²) < 4.78 is 23.1. The van der Waals surface area contributed by atoms with Crippen molar-refractivity contribution in [1.82, 2.24) is 34.4 Å². The van der Waals surface area contributed by atoms with E-state index in [1.54, 1.807) is 41.9 Å². The predicted octanol–water partition coefficient (Wildman–Crippen LogP) is 4.27. The first-order chi connectivity index (χ1) is 20.0. The quantitative estimate of drug-likeness (QED) is 0.309. The monoisotopic (exact) mass is 551 g/mol. The fourth-order valence-corrected chi connectivity index (χ4v) is 5.73. The van der Waals surface area contributed by atoms with Gasteiger partial charge in [-0.25, -0.2) is 28.8 Å². The molecule has 0 aliphatic carbocycles. The number of anilines is 3. The lowest BCUT2D eigenvalue weighted by atomic mass is 10.1. The van der Waals surface area contributed by atoms with E-state index in [-0.39, 0.29) is 17.6 Å². The first-order valence-corrected chi connectivity index (χ1v) is 13.3. The van der Waals surface area contributed by atoms with Crippen LogP contribution in [-0.2, 0) is 4.79 Å². The average Bonchev–Trinajstić information content (AvgIpc) is 3.72. The van der Waals surface area contributed by atoms with E-state index in [1.165, 1.54) is 18.7 Å². The molecule has 41 heavy (non-hydrogen) atoms. The summed E-state index contributed by atoms with van der Waals surface area (Å²) in [5.74, 6) is 1.95. The fraction of sp³-hybridized carbons (Fsp3) is 0.241. The molecule has 2 atom stereocenters. The largest absolute Gasteiger partial charge is 0.457 e. The molecule has 2 aliphatic heterocycles. The molecule has 206 valence electrons. The van der Waals surface area contributed by atoms with E-state index in [4.69, 9.17) is 9.72 Å². The van der Waals surface area contributed by atoms with Crippen LogP contribution < -0.4 is 15.0 Å². The molecule has 1 aromatic carbocycles. The van der Waals surface area contributed by atoms with Gasteiger partial charge in [0.2, 0.25) is 5.91 Å². The molecule has 2 fully saturated rings. The van der Waals surface area contributed by atoms with Gasteiger partial charge < -0.3 is 19.9 Å². The van der Waals surface area contributed by atoms with Crippen molar-refractivity contribution in [3.63, 3.8) is 0 Å². The number of carbonyl (C=O) groups excluding carboxylic acids is 1. The second-order valence-corrected chi connectivity index (χ2v) is 10.2. The van der Waals surface area contributed by atoms with Gasteiger partial charge in [-0.15, -0.1) is 0 Å². The molecule has 0 bridgehead atoms. The maximum absolute atomic E-state index is 15.6. The summed E-state index contributed by atoms with van der Waals surface area (Å²) in [5.41, 5.74) is 2.37. The minimum atomic E-state index is -0.465. The van der Waals surface area contributed by atoms with Crippen LogP contribution in [0.15, 0.2) is 67.9 Å². The highest BCUT2D eigenvalue weighted by Crippen LogP contribution is 2.36. The summed E-state index contributed by atoms with van der Waals surface area (Å²) in [5, 5.41) is 7.18. The van der Waals surface area contributed by atoms with Crippen LogP contribution in [0.4, 0.5) is 21.7 Å². The minimum absolute atomic E-state index is 0.0316.